The molecule has 3 nitrogen and oxygen atoms in total. The molecule has 0 bridgehead atoms. The molecule has 1 saturated heterocycles. The van der Waals surface area contributed by atoms with E-state index in [0.717, 1.165) is 0 Å². The zero-order valence-electron chi connectivity index (χ0n) is 6.36. The molecule has 1 atom stereocenters. The molecule has 0 aromatic heterocycles. The maximum Gasteiger partial charge on any atom is 0.522 e. The molecule has 0 aromatic rings. The summed E-state index contributed by atoms with van der Waals surface area (Å²) in [6.45, 7) is 1.10. The second-order valence-corrected chi connectivity index (χ2v) is 2.45. The summed E-state index contributed by atoms with van der Waals surface area (Å²) in [7, 11) is 0. The Labute approximate surface area is 67.8 Å². The van der Waals surface area contributed by atoms with Crippen molar-refractivity contribution in [1.29, 1.82) is 0 Å². The largest absolute Gasteiger partial charge is 0.522 e. The Hall–Kier alpha value is -0.330. The summed E-state index contributed by atoms with van der Waals surface area (Å²) in [5.41, 5.74) is 0. The lowest BCUT2D eigenvalue weighted by Crippen LogP contribution is -2.42. The van der Waals surface area contributed by atoms with Gasteiger partial charge in [0.1, 0.15) is 0 Å². The van der Waals surface area contributed by atoms with E-state index in [1.165, 1.54) is 0 Å². The average molecular weight is 185 g/mol. The fourth-order valence-corrected chi connectivity index (χ4v) is 0.914. The number of alkyl halides is 3. The van der Waals surface area contributed by atoms with Gasteiger partial charge in [0.15, 0.2) is 0 Å². The third-order valence-electron chi connectivity index (χ3n) is 1.44. The minimum atomic E-state index is -4.55. The predicted molar refractivity (Wildman–Crippen MR) is 34.6 cm³/mol. The molecule has 1 aliphatic rings. The van der Waals surface area contributed by atoms with Gasteiger partial charge in [0.2, 0.25) is 0 Å². The van der Waals surface area contributed by atoms with Crippen molar-refractivity contribution >= 4 is 0 Å². The summed E-state index contributed by atoms with van der Waals surface area (Å²) in [5, 5.41) is 2.90. The van der Waals surface area contributed by atoms with Crippen LogP contribution in [0.25, 0.3) is 0 Å². The molecule has 1 unspecified atom stereocenters. The summed E-state index contributed by atoms with van der Waals surface area (Å²) >= 11 is 0. The van der Waals surface area contributed by atoms with Gasteiger partial charge < -0.3 is 10.1 Å². The number of hydrogen-bond acceptors (Lipinski definition) is 3. The van der Waals surface area contributed by atoms with Crippen molar-refractivity contribution in [1.82, 2.24) is 5.32 Å². The third kappa shape index (κ3) is 3.89. The van der Waals surface area contributed by atoms with Crippen LogP contribution in [0.3, 0.4) is 0 Å². The molecule has 12 heavy (non-hydrogen) atoms. The highest BCUT2D eigenvalue weighted by molar-refractivity contribution is 4.65. The van der Waals surface area contributed by atoms with Gasteiger partial charge in [-0.1, -0.05) is 0 Å². The fraction of sp³-hybridized carbons (Fsp3) is 1.00. The van der Waals surface area contributed by atoms with Crippen LogP contribution < -0.4 is 5.32 Å². The lowest BCUT2D eigenvalue weighted by atomic mass is 10.3. The molecule has 0 saturated carbocycles. The van der Waals surface area contributed by atoms with Crippen molar-refractivity contribution in [2.75, 3.05) is 26.3 Å². The zero-order valence-corrected chi connectivity index (χ0v) is 6.36. The number of hydrogen-bond donors (Lipinski definition) is 1. The van der Waals surface area contributed by atoms with Gasteiger partial charge in [0.05, 0.1) is 19.3 Å². The first-order chi connectivity index (χ1) is 5.58. The Morgan fingerprint density at radius 3 is 2.75 bits per heavy atom. The Bertz CT molecular complexity index is 133. The molecule has 0 amide bonds. The van der Waals surface area contributed by atoms with Gasteiger partial charge >= 0.3 is 6.36 Å². The molecular weight excluding hydrogens is 175 g/mol. The topological polar surface area (TPSA) is 30.5 Å². The number of morpholine rings is 1. The van der Waals surface area contributed by atoms with Crippen LogP contribution in [-0.2, 0) is 9.47 Å². The summed E-state index contributed by atoms with van der Waals surface area (Å²) in [5.74, 6) is 0. The van der Waals surface area contributed by atoms with Crippen LogP contribution in [0.15, 0.2) is 0 Å². The molecule has 72 valence electrons. The first kappa shape index (κ1) is 9.76. The van der Waals surface area contributed by atoms with Crippen LogP contribution in [0.2, 0.25) is 0 Å². The summed E-state index contributed by atoms with van der Waals surface area (Å²) < 4.78 is 43.1. The normalized spacial score (nSPS) is 25.8. The molecule has 1 N–H and O–H groups in total. The van der Waals surface area contributed by atoms with Gasteiger partial charge in [-0.05, 0) is 0 Å². The average Bonchev–Trinajstić information content (AvgIpc) is 2.02. The minimum absolute atomic E-state index is 0.413. The number of rotatable bonds is 2. The van der Waals surface area contributed by atoms with E-state index in [-0.39, 0.29) is 0 Å². The molecule has 0 radical (unpaired) electrons. The van der Waals surface area contributed by atoms with E-state index in [2.05, 4.69) is 10.1 Å². The Morgan fingerprint density at radius 1 is 1.50 bits per heavy atom. The zero-order chi connectivity index (χ0) is 9.03. The predicted octanol–water partition coefficient (Wildman–Crippen LogP) is 0.511. The van der Waals surface area contributed by atoms with Crippen LogP contribution in [0.4, 0.5) is 13.2 Å². The summed E-state index contributed by atoms with van der Waals surface area (Å²) in [6.07, 6.45) is -5.04. The van der Waals surface area contributed by atoms with Crippen molar-refractivity contribution in [2.24, 2.45) is 0 Å². The lowest BCUT2D eigenvalue weighted by Gasteiger charge is -2.23. The molecule has 1 rings (SSSR count). The van der Waals surface area contributed by atoms with Crippen LogP contribution in [0, 0.1) is 0 Å². The van der Waals surface area contributed by atoms with Crippen LogP contribution in [-0.4, -0.2) is 38.8 Å². The maximum absolute atomic E-state index is 11.5. The first-order valence-corrected chi connectivity index (χ1v) is 3.61. The fourth-order valence-electron chi connectivity index (χ4n) is 0.914. The first-order valence-electron chi connectivity index (χ1n) is 3.61. The van der Waals surface area contributed by atoms with Crippen molar-refractivity contribution in [3.05, 3.63) is 0 Å². The van der Waals surface area contributed by atoms with Crippen molar-refractivity contribution in [3.8, 4) is 0 Å². The Kier molecular flexibility index (Phi) is 3.30. The van der Waals surface area contributed by atoms with Gasteiger partial charge in [0, 0.05) is 13.1 Å². The monoisotopic (exact) mass is 185 g/mol. The van der Waals surface area contributed by atoms with Crippen molar-refractivity contribution < 1.29 is 22.6 Å². The minimum Gasteiger partial charge on any atom is -0.373 e. The van der Waals surface area contributed by atoms with Crippen LogP contribution >= 0.6 is 0 Å². The molecule has 0 spiro atoms. The number of halogens is 3. The molecule has 1 heterocycles. The van der Waals surface area contributed by atoms with Gasteiger partial charge in [0.25, 0.3) is 0 Å². The van der Waals surface area contributed by atoms with E-state index in [0.29, 0.717) is 19.7 Å². The van der Waals surface area contributed by atoms with E-state index in [1.807, 2.05) is 0 Å². The highest BCUT2D eigenvalue weighted by Crippen LogP contribution is 2.16. The molecule has 0 aliphatic carbocycles. The quantitative estimate of drug-likeness (QED) is 0.680. The highest BCUT2D eigenvalue weighted by atomic mass is 19.4. The van der Waals surface area contributed by atoms with E-state index in [9.17, 15) is 13.2 Å². The standard InChI is InChI=1S/C6H10F3NO2/c7-6(8,9)12-4-5-3-10-1-2-11-5/h5,10H,1-4H2. The van der Waals surface area contributed by atoms with E-state index >= 15 is 0 Å². The van der Waals surface area contributed by atoms with E-state index in [4.69, 9.17) is 4.74 Å². The van der Waals surface area contributed by atoms with E-state index in [1.54, 1.807) is 0 Å². The summed E-state index contributed by atoms with van der Waals surface area (Å²) in [6, 6.07) is 0. The van der Waals surface area contributed by atoms with Gasteiger partial charge in [-0.15, -0.1) is 13.2 Å². The molecule has 1 aliphatic heterocycles. The Balaban J connectivity index is 2.13. The molecule has 0 aromatic carbocycles. The van der Waals surface area contributed by atoms with Crippen molar-refractivity contribution in [3.63, 3.8) is 0 Å². The smallest absolute Gasteiger partial charge is 0.373 e. The molecule has 1 fully saturated rings. The van der Waals surface area contributed by atoms with Gasteiger partial charge in [-0.3, -0.25) is 4.74 Å². The van der Waals surface area contributed by atoms with Gasteiger partial charge in [-0.2, -0.15) is 0 Å². The Morgan fingerprint density at radius 2 is 2.25 bits per heavy atom. The number of ether oxygens (including phenoxy) is 2. The van der Waals surface area contributed by atoms with Gasteiger partial charge in [-0.25, -0.2) is 0 Å². The lowest BCUT2D eigenvalue weighted by molar-refractivity contribution is -0.332. The third-order valence-corrected chi connectivity index (χ3v) is 1.44. The molecular formula is C6H10F3NO2. The van der Waals surface area contributed by atoms with Crippen molar-refractivity contribution in [2.45, 2.75) is 12.5 Å². The summed E-state index contributed by atoms with van der Waals surface area (Å²) in [4.78, 5) is 0. The van der Waals surface area contributed by atoms with Crippen LogP contribution in [0.5, 0.6) is 0 Å². The number of nitrogens with one attached hydrogen (secondary N) is 1. The molecule has 6 heteroatoms. The second kappa shape index (κ2) is 4.06. The van der Waals surface area contributed by atoms with E-state index < -0.39 is 19.1 Å². The van der Waals surface area contributed by atoms with Crippen LogP contribution in [0.1, 0.15) is 0 Å². The second-order valence-electron chi connectivity index (χ2n) is 2.45. The highest BCUT2D eigenvalue weighted by Gasteiger charge is 2.30. The SMILES string of the molecule is FC(F)(F)OCC1CNCCO1. The maximum atomic E-state index is 11.5.